The van der Waals surface area contributed by atoms with Crippen molar-refractivity contribution in [1.29, 1.82) is 0 Å². The van der Waals surface area contributed by atoms with Crippen LogP contribution in [0.2, 0.25) is 0 Å². The van der Waals surface area contributed by atoms with Gasteiger partial charge in [-0.1, -0.05) is 32.0 Å². The van der Waals surface area contributed by atoms with Gasteiger partial charge in [-0.25, -0.2) is 0 Å². The minimum Gasteiger partial charge on any atom is -0.325 e. The molecular formula is C12H16ClNO. The molecule has 1 aromatic carbocycles. The van der Waals surface area contributed by atoms with Crippen molar-refractivity contribution in [1.82, 2.24) is 0 Å². The second-order valence-electron chi connectivity index (χ2n) is 3.58. The average Bonchev–Trinajstić information content (AvgIpc) is 2.28. The Kier molecular flexibility index (Phi) is 4.63. The number of rotatable bonds is 4. The van der Waals surface area contributed by atoms with Crippen molar-refractivity contribution in [3.8, 4) is 0 Å². The molecule has 0 bridgehead atoms. The summed E-state index contributed by atoms with van der Waals surface area (Å²) in [5.41, 5.74) is 2.04. The lowest BCUT2D eigenvalue weighted by Gasteiger charge is -2.14. The van der Waals surface area contributed by atoms with Gasteiger partial charge in [-0.05, 0) is 24.0 Å². The number of halogens is 1. The van der Waals surface area contributed by atoms with Gasteiger partial charge in [0.25, 0.3) is 0 Å². The summed E-state index contributed by atoms with van der Waals surface area (Å²) in [4.78, 5) is 11.2. The first kappa shape index (κ1) is 12.1. The van der Waals surface area contributed by atoms with Gasteiger partial charge >= 0.3 is 0 Å². The number of hydrogen-bond donors (Lipinski definition) is 1. The van der Waals surface area contributed by atoms with Crippen LogP contribution in [-0.4, -0.2) is 11.8 Å². The van der Waals surface area contributed by atoms with Gasteiger partial charge in [-0.2, -0.15) is 0 Å². The Bertz CT molecular complexity index is 338. The third-order valence-corrected chi connectivity index (χ3v) is 2.74. The highest BCUT2D eigenvalue weighted by atomic mass is 35.5. The summed E-state index contributed by atoms with van der Waals surface area (Å²) in [7, 11) is 0. The fourth-order valence-corrected chi connectivity index (χ4v) is 1.51. The van der Waals surface area contributed by atoms with E-state index in [2.05, 4.69) is 19.2 Å². The highest BCUT2D eigenvalue weighted by Crippen LogP contribution is 2.26. The molecule has 0 heterocycles. The highest BCUT2D eigenvalue weighted by molar-refractivity contribution is 6.29. The first-order valence-electron chi connectivity index (χ1n) is 5.13. The second kappa shape index (κ2) is 5.76. The third kappa shape index (κ3) is 3.24. The molecule has 0 saturated carbocycles. The van der Waals surface area contributed by atoms with E-state index in [1.807, 2.05) is 24.3 Å². The monoisotopic (exact) mass is 225 g/mol. The molecule has 1 amide bonds. The Morgan fingerprint density at radius 1 is 1.47 bits per heavy atom. The lowest BCUT2D eigenvalue weighted by molar-refractivity contribution is -0.113. The standard InChI is InChI=1S/C12H16ClNO/c1-3-9(2)10-6-4-5-7-11(10)14-12(15)8-13/h4-7,9H,3,8H2,1-2H3,(H,14,15)/t9-/m0/s1. The Morgan fingerprint density at radius 3 is 2.73 bits per heavy atom. The van der Waals surface area contributed by atoms with Crippen LogP contribution in [0.15, 0.2) is 24.3 Å². The molecule has 0 unspecified atom stereocenters. The maximum absolute atomic E-state index is 11.2. The number of nitrogens with one attached hydrogen (secondary N) is 1. The fourth-order valence-electron chi connectivity index (χ4n) is 1.44. The smallest absolute Gasteiger partial charge is 0.239 e. The zero-order valence-electron chi connectivity index (χ0n) is 9.09. The molecule has 1 rings (SSSR count). The molecule has 15 heavy (non-hydrogen) atoms. The van der Waals surface area contributed by atoms with Crippen LogP contribution in [0, 0.1) is 0 Å². The average molecular weight is 226 g/mol. The third-order valence-electron chi connectivity index (χ3n) is 2.50. The van der Waals surface area contributed by atoms with E-state index in [0.717, 1.165) is 12.1 Å². The van der Waals surface area contributed by atoms with Crippen molar-refractivity contribution in [2.24, 2.45) is 0 Å². The van der Waals surface area contributed by atoms with Crippen molar-refractivity contribution in [2.75, 3.05) is 11.2 Å². The minimum absolute atomic E-state index is 0.00512. The zero-order valence-corrected chi connectivity index (χ0v) is 9.84. The first-order chi connectivity index (χ1) is 7.19. The molecule has 0 spiro atoms. The lowest BCUT2D eigenvalue weighted by atomic mass is 9.97. The molecule has 0 aliphatic carbocycles. The normalized spacial score (nSPS) is 12.2. The minimum atomic E-state index is -0.160. The summed E-state index contributed by atoms with van der Waals surface area (Å²) in [6, 6.07) is 7.84. The number of para-hydroxylation sites is 1. The maximum Gasteiger partial charge on any atom is 0.239 e. The van der Waals surface area contributed by atoms with E-state index < -0.39 is 0 Å². The van der Waals surface area contributed by atoms with Crippen molar-refractivity contribution >= 4 is 23.2 Å². The quantitative estimate of drug-likeness (QED) is 0.783. The van der Waals surface area contributed by atoms with Crippen molar-refractivity contribution in [3.05, 3.63) is 29.8 Å². The van der Waals surface area contributed by atoms with E-state index in [1.54, 1.807) is 0 Å². The zero-order chi connectivity index (χ0) is 11.3. The van der Waals surface area contributed by atoms with Gasteiger partial charge in [0.15, 0.2) is 0 Å². The van der Waals surface area contributed by atoms with Crippen LogP contribution < -0.4 is 5.32 Å². The molecule has 3 heteroatoms. The summed E-state index contributed by atoms with van der Waals surface area (Å²) in [5, 5.41) is 2.80. The molecule has 0 aliphatic rings. The van der Waals surface area contributed by atoms with E-state index in [0.29, 0.717) is 5.92 Å². The van der Waals surface area contributed by atoms with Crippen LogP contribution in [-0.2, 0) is 4.79 Å². The molecule has 2 nitrogen and oxygen atoms in total. The summed E-state index contributed by atoms with van der Waals surface area (Å²) in [5.74, 6) is 0.277. The van der Waals surface area contributed by atoms with Crippen LogP contribution in [0.4, 0.5) is 5.69 Å². The number of amides is 1. The molecule has 1 N–H and O–H groups in total. The SMILES string of the molecule is CC[C@H](C)c1ccccc1NC(=O)CCl. The molecule has 1 aromatic rings. The first-order valence-corrected chi connectivity index (χ1v) is 5.67. The Hall–Kier alpha value is -1.02. The molecule has 1 atom stereocenters. The van der Waals surface area contributed by atoms with Crippen LogP contribution in [0.3, 0.4) is 0 Å². The molecular weight excluding hydrogens is 210 g/mol. The Balaban J connectivity index is 2.91. The van der Waals surface area contributed by atoms with Crippen molar-refractivity contribution in [2.45, 2.75) is 26.2 Å². The topological polar surface area (TPSA) is 29.1 Å². The number of hydrogen-bond acceptors (Lipinski definition) is 1. The van der Waals surface area contributed by atoms with Crippen LogP contribution in [0.5, 0.6) is 0 Å². The summed E-state index contributed by atoms with van der Waals surface area (Å²) in [6.45, 7) is 4.27. The van der Waals surface area contributed by atoms with Gasteiger partial charge in [0, 0.05) is 5.69 Å². The van der Waals surface area contributed by atoms with Crippen molar-refractivity contribution in [3.63, 3.8) is 0 Å². The van der Waals surface area contributed by atoms with E-state index in [1.165, 1.54) is 5.56 Å². The highest BCUT2D eigenvalue weighted by Gasteiger charge is 2.09. The second-order valence-corrected chi connectivity index (χ2v) is 3.85. The van der Waals surface area contributed by atoms with Crippen molar-refractivity contribution < 1.29 is 4.79 Å². The number of carbonyl (C=O) groups excluding carboxylic acids is 1. The van der Waals surface area contributed by atoms with Gasteiger partial charge in [0.1, 0.15) is 5.88 Å². The van der Waals surface area contributed by atoms with Gasteiger partial charge in [-0.3, -0.25) is 4.79 Å². The maximum atomic E-state index is 11.2. The van der Waals surface area contributed by atoms with E-state index in [-0.39, 0.29) is 11.8 Å². The predicted octanol–water partition coefficient (Wildman–Crippen LogP) is 3.38. The lowest BCUT2D eigenvalue weighted by Crippen LogP contribution is -2.14. The number of carbonyl (C=O) groups is 1. The molecule has 0 radical (unpaired) electrons. The Labute approximate surface area is 95.6 Å². The van der Waals surface area contributed by atoms with E-state index in [9.17, 15) is 4.79 Å². The van der Waals surface area contributed by atoms with Crippen LogP contribution in [0.1, 0.15) is 31.7 Å². The summed E-state index contributed by atoms with van der Waals surface area (Å²) < 4.78 is 0. The molecule has 0 fully saturated rings. The molecule has 0 aliphatic heterocycles. The predicted molar refractivity (Wildman–Crippen MR) is 64.5 cm³/mol. The van der Waals surface area contributed by atoms with E-state index >= 15 is 0 Å². The van der Waals surface area contributed by atoms with Gasteiger partial charge in [-0.15, -0.1) is 11.6 Å². The van der Waals surface area contributed by atoms with E-state index in [4.69, 9.17) is 11.6 Å². The molecule has 0 aromatic heterocycles. The fraction of sp³-hybridized carbons (Fsp3) is 0.417. The number of anilines is 1. The summed E-state index contributed by atoms with van der Waals surface area (Å²) >= 11 is 5.46. The van der Waals surface area contributed by atoms with Crippen LogP contribution >= 0.6 is 11.6 Å². The number of alkyl halides is 1. The Morgan fingerprint density at radius 2 is 2.13 bits per heavy atom. The van der Waals surface area contributed by atoms with Gasteiger partial charge < -0.3 is 5.32 Å². The molecule has 82 valence electrons. The summed E-state index contributed by atoms with van der Waals surface area (Å²) in [6.07, 6.45) is 1.05. The van der Waals surface area contributed by atoms with Crippen LogP contribution in [0.25, 0.3) is 0 Å². The van der Waals surface area contributed by atoms with Gasteiger partial charge in [0.05, 0.1) is 0 Å². The van der Waals surface area contributed by atoms with Gasteiger partial charge in [0.2, 0.25) is 5.91 Å². The largest absolute Gasteiger partial charge is 0.325 e. The molecule has 0 saturated heterocycles. The number of benzene rings is 1.